The summed E-state index contributed by atoms with van der Waals surface area (Å²) in [4.78, 5) is 0. The number of hydrogen-bond acceptors (Lipinski definition) is 1. The zero-order valence-corrected chi connectivity index (χ0v) is 10.9. The average molecular weight is 252 g/mol. The number of aromatic hydroxyl groups is 1. The Balaban J connectivity index is 2.33. The predicted molar refractivity (Wildman–Crippen MR) is 68.0 cm³/mol. The predicted octanol–water partition coefficient (Wildman–Crippen LogP) is 4.72. The standard InChI is InChI=1S/C15H18F2O/c1-15(2,3)13-8-11(18)4-5-12(13)9-6-10(7-9)14(16)17/h4-5,8-9,18H,6-7H2,1-3H3. The molecule has 3 heteroatoms. The van der Waals surface area contributed by atoms with E-state index in [4.69, 9.17) is 0 Å². The van der Waals surface area contributed by atoms with Gasteiger partial charge in [0.25, 0.3) is 6.08 Å². The van der Waals surface area contributed by atoms with Crippen molar-refractivity contribution in [2.75, 3.05) is 0 Å². The molecule has 0 aliphatic heterocycles. The number of phenols is 1. The van der Waals surface area contributed by atoms with Gasteiger partial charge in [-0.2, -0.15) is 8.78 Å². The van der Waals surface area contributed by atoms with E-state index in [0.717, 1.165) is 11.1 Å². The molecule has 1 aliphatic carbocycles. The smallest absolute Gasteiger partial charge is 0.269 e. The maximum absolute atomic E-state index is 12.4. The zero-order valence-electron chi connectivity index (χ0n) is 10.9. The van der Waals surface area contributed by atoms with Gasteiger partial charge >= 0.3 is 0 Å². The van der Waals surface area contributed by atoms with Crippen molar-refractivity contribution in [3.05, 3.63) is 41.0 Å². The molecule has 18 heavy (non-hydrogen) atoms. The van der Waals surface area contributed by atoms with Gasteiger partial charge in [-0.05, 0) is 53.0 Å². The van der Waals surface area contributed by atoms with Gasteiger partial charge in [-0.15, -0.1) is 0 Å². The van der Waals surface area contributed by atoms with Crippen LogP contribution in [0.2, 0.25) is 0 Å². The van der Waals surface area contributed by atoms with E-state index in [9.17, 15) is 13.9 Å². The van der Waals surface area contributed by atoms with E-state index in [0.29, 0.717) is 12.8 Å². The molecule has 1 saturated carbocycles. The van der Waals surface area contributed by atoms with Crippen LogP contribution >= 0.6 is 0 Å². The van der Waals surface area contributed by atoms with Crippen molar-refractivity contribution < 1.29 is 13.9 Å². The summed E-state index contributed by atoms with van der Waals surface area (Å²) in [6.07, 6.45) is -0.644. The molecule has 0 bridgehead atoms. The van der Waals surface area contributed by atoms with Crippen molar-refractivity contribution in [2.45, 2.75) is 44.9 Å². The summed E-state index contributed by atoms with van der Waals surface area (Å²) in [6, 6.07) is 5.26. The fourth-order valence-electron chi connectivity index (χ4n) is 2.46. The van der Waals surface area contributed by atoms with Crippen molar-refractivity contribution in [3.63, 3.8) is 0 Å². The maximum Gasteiger partial charge on any atom is 0.269 e. The highest BCUT2D eigenvalue weighted by Crippen LogP contribution is 2.46. The fraction of sp³-hybridized carbons (Fsp3) is 0.467. The van der Waals surface area contributed by atoms with E-state index in [1.54, 1.807) is 12.1 Å². The molecule has 98 valence electrons. The number of phenolic OH excluding ortho intramolecular Hbond substituents is 1. The molecular formula is C15H18F2O. The van der Waals surface area contributed by atoms with Gasteiger partial charge in [0.2, 0.25) is 0 Å². The molecule has 0 saturated heterocycles. The van der Waals surface area contributed by atoms with Crippen LogP contribution in [0.1, 0.15) is 50.7 Å². The first-order chi connectivity index (χ1) is 8.29. The molecular weight excluding hydrogens is 234 g/mol. The normalized spacial score (nSPS) is 19.6. The van der Waals surface area contributed by atoms with Crippen molar-refractivity contribution in [1.29, 1.82) is 0 Å². The third-order valence-electron chi connectivity index (χ3n) is 3.54. The van der Waals surface area contributed by atoms with Crippen LogP contribution in [-0.2, 0) is 5.41 Å². The molecule has 2 rings (SSSR count). The minimum Gasteiger partial charge on any atom is -0.508 e. The van der Waals surface area contributed by atoms with Crippen molar-refractivity contribution in [2.24, 2.45) is 0 Å². The summed E-state index contributed by atoms with van der Waals surface area (Å²) in [7, 11) is 0. The van der Waals surface area contributed by atoms with Crippen LogP contribution in [0.25, 0.3) is 0 Å². The van der Waals surface area contributed by atoms with E-state index in [1.165, 1.54) is 0 Å². The second-order valence-corrected chi connectivity index (χ2v) is 5.99. The van der Waals surface area contributed by atoms with Gasteiger partial charge in [0.15, 0.2) is 0 Å². The highest BCUT2D eigenvalue weighted by molar-refractivity contribution is 5.44. The summed E-state index contributed by atoms with van der Waals surface area (Å²) in [5, 5.41) is 9.58. The molecule has 0 atom stereocenters. The Kier molecular flexibility index (Phi) is 3.18. The van der Waals surface area contributed by atoms with E-state index in [2.05, 4.69) is 20.8 Å². The molecule has 0 spiro atoms. The molecule has 1 aliphatic rings. The Bertz CT molecular complexity index is 486. The molecule has 0 radical (unpaired) electrons. The second-order valence-electron chi connectivity index (χ2n) is 5.99. The first kappa shape index (κ1) is 13.1. The Labute approximate surface area is 106 Å². The third kappa shape index (κ3) is 2.40. The number of hydrogen-bond donors (Lipinski definition) is 1. The molecule has 0 aromatic heterocycles. The number of allylic oxidation sites excluding steroid dienone is 1. The van der Waals surface area contributed by atoms with Crippen LogP contribution in [-0.4, -0.2) is 5.11 Å². The largest absolute Gasteiger partial charge is 0.508 e. The number of halogens is 2. The molecule has 1 aromatic carbocycles. The summed E-state index contributed by atoms with van der Waals surface area (Å²) >= 11 is 0. The summed E-state index contributed by atoms with van der Waals surface area (Å²) in [5.41, 5.74) is 2.31. The van der Waals surface area contributed by atoms with Gasteiger partial charge < -0.3 is 5.11 Å². The van der Waals surface area contributed by atoms with Crippen LogP contribution in [0.15, 0.2) is 29.9 Å². The lowest BCUT2D eigenvalue weighted by molar-refractivity contribution is 0.373. The van der Waals surface area contributed by atoms with Crippen LogP contribution in [0, 0.1) is 0 Å². The molecule has 0 amide bonds. The van der Waals surface area contributed by atoms with E-state index >= 15 is 0 Å². The summed E-state index contributed by atoms with van der Waals surface area (Å²) < 4.78 is 24.8. The lowest BCUT2D eigenvalue weighted by Gasteiger charge is -2.33. The van der Waals surface area contributed by atoms with Crippen molar-refractivity contribution in [3.8, 4) is 5.75 Å². The van der Waals surface area contributed by atoms with Crippen molar-refractivity contribution >= 4 is 0 Å². The Morgan fingerprint density at radius 2 is 1.83 bits per heavy atom. The van der Waals surface area contributed by atoms with Crippen molar-refractivity contribution in [1.82, 2.24) is 0 Å². The highest BCUT2D eigenvalue weighted by atomic mass is 19.3. The van der Waals surface area contributed by atoms with Crippen LogP contribution in [0.4, 0.5) is 8.78 Å². The van der Waals surface area contributed by atoms with Crippen LogP contribution in [0.5, 0.6) is 5.75 Å². The van der Waals surface area contributed by atoms with Crippen LogP contribution < -0.4 is 0 Å². The average Bonchev–Trinajstić information content (AvgIpc) is 2.15. The fourth-order valence-corrected chi connectivity index (χ4v) is 2.46. The van der Waals surface area contributed by atoms with E-state index in [-0.39, 0.29) is 22.7 Å². The van der Waals surface area contributed by atoms with E-state index in [1.807, 2.05) is 6.07 Å². The zero-order chi connectivity index (χ0) is 13.5. The maximum atomic E-state index is 12.4. The summed E-state index contributed by atoms with van der Waals surface area (Å²) in [6.45, 7) is 6.20. The number of benzene rings is 1. The molecule has 1 aromatic rings. The third-order valence-corrected chi connectivity index (χ3v) is 3.54. The van der Waals surface area contributed by atoms with Crippen LogP contribution in [0.3, 0.4) is 0 Å². The SMILES string of the molecule is CC(C)(C)c1cc(O)ccc1C1CC(=C(F)F)C1. The molecule has 0 unspecified atom stereocenters. The molecule has 0 heterocycles. The Morgan fingerprint density at radius 1 is 1.22 bits per heavy atom. The summed E-state index contributed by atoms with van der Waals surface area (Å²) in [5.74, 6) is 0.395. The second kappa shape index (κ2) is 4.38. The Morgan fingerprint density at radius 3 is 2.33 bits per heavy atom. The van der Waals surface area contributed by atoms with Gasteiger partial charge in [0.05, 0.1) is 0 Å². The van der Waals surface area contributed by atoms with Gasteiger partial charge in [0.1, 0.15) is 5.75 Å². The van der Waals surface area contributed by atoms with E-state index < -0.39 is 6.08 Å². The first-order valence-corrected chi connectivity index (χ1v) is 6.15. The molecule has 1 nitrogen and oxygen atoms in total. The monoisotopic (exact) mass is 252 g/mol. The first-order valence-electron chi connectivity index (χ1n) is 6.15. The van der Waals surface area contributed by atoms with Gasteiger partial charge in [-0.25, -0.2) is 0 Å². The van der Waals surface area contributed by atoms with Gasteiger partial charge in [-0.3, -0.25) is 0 Å². The quantitative estimate of drug-likeness (QED) is 0.766. The van der Waals surface area contributed by atoms with Gasteiger partial charge in [0, 0.05) is 0 Å². The lowest BCUT2D eigenvalue weighted by atomic mass is 9.71. The van der Waals surface area contributed by atoms with Gasteiger partial charge in [-0.1, -0.05) is 26.8 Å². The topological polar surface area (TPSA) is 20.2 Å². The lowest BCUT2D eigenvalue weighted by Crippen LogP contribution is -2.20. The molecule has 1 N–H and O–H groups in total. The minimum absolute atomic E-state index is 0.0954. The minimum atomic E-state index is -1.53. The Hall–Kier alpha value is -1.38. The highest BCUT2D eigenvalue weighted by Gasteiger charge is 2.32. The number of rotatable bonds is 1. The molecule has 1 fully saturated rings.